The zero-order valence-electron chi connectivity index (χ0n) is 17.5. The number of hydrogen-bond donors (Lipinski definition) is 0. The van der Waals surface area contributed by atoms with Gasteiger partial charge in [-0.3, -0.25) is 9.20 Å². The van der Waals surface area contributed by atoms with Crippen LogP contribution in [0.3, 0.4) is 0 Å². The third-order valence-corrected chi connectivity index (χ3v) is 5.49. The molecule has 8 heteroatoms. The zero-order chi connectivity index (χ0) is 20.5. The highest BCUT2D eigenvalue weighted by Crippen LogP contribution is 2.20. The zero-order valence-corrected chi connectivity index (χ0v) is 17.5. The van der Waals surface area contributed by atoms with Crippen molar-refractivity contribution >= 4 is 23.2 Å². The van der Waals surface area contributed by atoms with Crippen LogP contribution in [0, 0.1) is 6.92 Å². The maximum absolute atomic E-state index is 12.9. The van der Waals surface area contributed by atoms with Crippen LogP contribution in [0.4, 0.5) is 11.5 Å². The summed E-state index contributed by atoms with van der Waals surface area (Å²) in [5, 5.41) is 8.34. The van der Waals surface area contributed by atoms with Crippen LogP contribution in [0.5, 0.6) is 0 Å². The maximum Gasteiger partial charge on any atom is 0.257 e. The molecule has 8 nitrogen and oxygen atoms in total. The van der Waals surface area contributed by atoms with Crippen LogP contribution in [-0.4, -0.2) is 70.7 Å². The van der Waals surface area contributed by atoms with Gasteiger partial charge < -0.3 is 14.7 Å². The molecule has 1 fully saturated rings. The highest BCUT2D eigenvalue weighted by Gasteiger charge is 2.24. The summed E-state index contributed by atoms with van der Waals surface area (Å²) in [6.45, 7) is 6.91. The largest absolute Gasteiger partial charge is 0.378 e. The molecule has 4 rings (SSSR count). The van der Waals surface area contributed by atoms with Gasteiger partial charge in [0.2, 0.25) is 0 Å². The summed E-state index contributed by atoms with van der Waals surface area (Å²) in [4.78, 5) is 23.7. The van der Waals surface area contributed by atoms with Crippen LogP contribution in [-0.2, 0) is 6.42 Å². The molecule has 0 spiro atoms. The van der Waals surface area contributed by atoms with Crippen molar-refractivity contribution in [1.82, 2.24) is 24.5 Å². The molecular formula is C21H27N7O. The lowest BCUT2D eigenvalue weighted by Crippen LogP contribution is -2.49. The standard InChI is InChI=1S/C21H27N7O/c1-5-17-14-19(22-21-24-23-15(2)28(17)21)26-10-12-27(13-11-26)20(29)16-6-8-18(9-7-16)25(3)4/h6-9,14H,5,10-13H2,1-4H3. The number of rotatable bonds is 4. The summed E-state index contributed by atoms with van der Waals surface area (Å²) < 4.78 is 2.00. The van der Waals surface area contributed by atoms with Crippen molar-refractivity contribution in [2.24, 2.45) is 0 Å². The third-order valence-electron chi connectivity index (χ3n) is 5.49. The molecule has 3 aromatic rings. The SMILES string of the molecule is CCc1cc(N2CCN(C(=O)c3ccc(N(C)C)cc3)CC2)nc2nnc(C)n12. The summed E-state index contributed by atoms with van der Waals surface area (Å²) in [6, 6.07) is 9.88. The second-order valence-electron chi connectivity index (χ2n) is 7.56. The van der Waals surface area contributed by atoms with Gasteiger partial charge in [-0.1, -0.05) is 6.92 Å². The van der Waals surface area contributed by atoms with E-state index in [-0.39, 0.29) is 5.91 Å². The highest BCUT2D eigenvalue weighted by atomic mass is 16.2. The van der Waals surface area contributed by atoms with Crippen molar-refractivity contribution < 1.29 is 4.79 Å². The second kappa shape index (κ2) is 7.69. The van der Waals surface area contributed by atoms with Crippen LogP contribution in [0.15, 0.2) is 30.3 Å². The molecule has 0 saturated carbocycles. The molecule has 1 saturated heterocycles. The van der Waals surface area contributed by atoms with Gasteiger partial charge >= 0.3 is 0 Å². The lowest BCUT2D eigenvalue weighted by Gasteiger charge is -2.35. The third kappa shape index (κ3) is 3.62. The van der Waals surface area contributed by atoms with E-state index in [0.29, 0.717) is 18.9 Å². The Hall–Kier alpha value is -3.16. The van der Waals surface area contributed by atoms with Crippen LogP contribution in [0.1, 0.15) is 28.8 Å². The van der Waals surface area contributed by atoms with Crippen molar-refractivity contribution in [2.75, 3.05) is 50.1 Å². The van der Waals surface area contributed by atoms with E-state index in [9.17, 15) is 4.79 Å². The number of nitrogens with zero attached hydrogens (tertiary/aromatic N) is 7. The van der Waals surface area contributed by atoms with E-state index in [1.54, 1.807) is 0 Å². The van der Waals surface area contributed by atoms with Crippen molar-refractivity contribution in [1.29, 1.82) is 0 Å². The normalized spacial score (nSPS) is 14.5. The lowest BCUT2D eigenvalue weighted by molar-refractivity contribution is 0.0746. The Kier molecular flexibility index (Phi) is 5.08. The number of piperazine rings is 1. The quantitative estimate of drug-likeness (QED) is 0.676. The summed E-state index contributed by atoms with van der Waals surface area (Å²) in [6.07, 6.45) is 0.881. The van der Waals surface area contributed by atoms with Gasteiger partial charge in [-0.05, 0) is 37.6 Å². The average molecular weight is 393 g/mol. The summed E-state index contributed by atoms with van der Waals surface area (Å²) in [7, 11) is 3.98. The Morgan fingerprint density at radius 2 is 1.76 bits per heavy atom. The van der Waals surface area contributed by atoms with Crippen LogP contribution in [0.2, 0.25) is 0 Å². The molecule has 152 valence electrons. The fraction of sp³-hybridized carbons (Fsp3) is 0.429. The molecule has 1 aliphatic heterocycles. The molecule has 1 aromatic carbocycles. The van der Waals surface area contributed by atoms with Gasteiger partial charge in [0.1, 0.15) is 11.6 Å². The van der Waals surface area contributed by atoms with E-state index in [4.69, 9.17) is 0 Å². The number of benzene rings is 1. The van der Waals surface area contributed by atoms with Crippen molar-refractivity contribution in [2.45, 2.75) is 20.3 Å². The number of anilines is 2. The van der Waals surface area contributed by atoms with Gasteiger partial charge in [-0.25, -0.2) is 0 Å². The van der Waals surface area contributed by atoms with Gasteiger partial charge in [0.25, 0.3) is 11.7 Å². The molecule has 2 aromatic heterocycles. The highest BCUT2D eigenvalue weighted by molar-refractivity contribution is 5.94. The van der Waals surface area contributed by atoms with Gasteiger partial charge in [0.05, 0.1) is 0 Å². The van der Waals surface area contributed by atoms with Gasteiger partial charge in [-0.15, -0.1) is 10.2 Å². The fourth-order valence-corrected chi connectivity index (χ4v) is 3.75. The summed E-state index contributed by atoms with van der Waals surface area (Å²) >= 11 is 0. The Balaban J connectivity index is 1.46. The van der Waals surface area contributed by atoms with Gasteiger partial charge in [-0.2, -0.15) is 4.98 Å². The number of aromatic nitrogens is 4. The minimum atomic E-state index is 0.0840. The average Bonchev–Trinajstić information content (AvgIpc) is 3.13. The molecule has 0 N–H and O–H groups in total. The Labute approximate surface area is 170 Å². The Morgan fingerprint density at radius 3 is 2.38 bits per heavy atom. The predicted molar refractivity (Wildman–Crippen MR) is 114 cm³/mol. The van der Waals surface area contributed by atoms with E-state index in [2.05, 4.69) is 33.1 Å². The lowest BCUT2D eigenvalue weighted by atomic mass is 10.1. The fourth-order valence-electron chi connectivity index (χ4n) is 3.75. The number of fused-ring (bicyclic) bond motifs is 1. The second-order valence-corrected chi connectivity index (χ2v) is 7.56. The summed E-state index contributed by atoms with van der Waals surface area (Å²) in [5.74, 6) is 2.48. The molecule has 0 atom stereocenters. The molecule has 0 bridgehead atoms. The van der Waals surface area contributed by atoms with E-state index in [1.807, 2.05) is 59.5 Å². The molecule has 3 heterocycles. The molecule has 0 radical (unpaired) electrons. The molecule has 0 aliphatic carbocycles. The Bertz CT molecular complexity index is 1020. The van der Waals surface area contributed by atoms with Crippen molar-refractivity contribution in [3.8, 4) is 0 Å². The number of amides is 1. The first kappa shape index (κ1) is 19.2. The van der Waals surface area contributed by atoms with E-state index >= 15 is 0 Å². The first-order valence-corrected chi connectivity index (χ1v) is 10.0. The van der Waals surface area contributed by atoms with E-state index < -0.39 is 0 Å². The maximum atomic E-state index is 12.9. The van der Waals surface area contributed by atoms with Gasteiger partial charge in [0, 0.05) is 63.3 Å². The van der Waals surface area contributed by atoms with E-state index in [1.165, 1.54) is 0 Å². The first-order chi connectivity index (χ1) is 14.0. The smallest absolute Gasteiger partial charge is 0.257 e. The van der Waals surface area contributed by atoms with Crippen LogP contribution < -0.4 is 9.80 Å². The molecule has 29 heavy (non-hydrogen) atoms. The minimum Gasteiger partial charge on any atom is -0.378 e. The van der Waals surface area contributed by atoms with Crippen LogP contribution >= 0.6 is 0 Å². The first-order valence-electron chi connectivity index (χ1n) is 10.0. The topological polar surface area (TPSA) is 69.9 Å². The van der Waals surface area contributed by atoms with Crippen molar-refractivity contribution in [3.05, 3.63) is 47.4 Å². The minimum absolute atomic E-state index is 0.0840. The van der Waals surface area contributed by atoms with Crippen LogP contribution in [0.25, 0.3) is 5.78 Å². The molecule has 1 aliphatic rings. The molecule has 0 unspecified atom stereocenters. The molecule has 1 amide bonds. The van der Waals surface area contributed by atoms with Crippen molar-refractivity contribution in [3.63, 3.8) is 0 Å². The summed E-state index contributed by atoms with van der Waals surface area (Å²) in [5.41, 5.74) is 2.96. The predicted octanol–water partition coefficient (Wildman–Crippen LogP) is 2.02. The number of aryl methyl sites for hydroxylation is 2. The number of hydrogen-bond acceptors (Lipinski definition) is 6. The van der Waals surface area contributed by atoms with Gasteiger partial charge in [0.15, 0.2) is 0 Å². The monoisotopic (exact) mass is 393 g/mol. The van der Waals surface area contributed by atoms with E-state index in [0.717, 1.165) is 48.1 Å². The number of carbonyl (C=O) groups is 1. The number of carbonyl (C=O) groups excluding carboxylic acids is 1. The molecular weight excluding hydrogens is 366 g/mol. The Morgan fingerprint density at radius 1 is 1.07 bits per heavy atom.